The number of aromatic nitrogens is 2. The van der Waals surface area contributed by atoms with Crippen molar-refractivity contribution in [3.63, 3.8) is 0 Å². The molecule has 5 nitrogen and oxygen atoms in total. The number of pyridine rings is 1. The van der Waals surface area contributed by atoms with Gasteiger partial charge < -0.3 is 14.0 Å². The van der Waals surface area contributed by atoms with E-state index in [1.165, 1.54) is 6.20 Å². The summed E-state index contributed by atoms with van der Waals surface area (Å²) >= 11 is 5.93. The normalized spacial score (nSPS) is 10.7. The maximum Gasteiger partial charge on any atom is 0.354 e. The van der Waals surface area contributed by atoms with Crippen molar-refractivity contribution in [2.45, 2.75) is 6.92 Å². The van der Waals surface area contributed by atoms with Gasteiger partial charge in [0.05, 0.1) is 23.3 Å². The zero-order valence-electron chi connectivity index (χ0n) is 12.7. The summed E-state index contributed by atoms with van der Waals surface area (Å²) in [6.07, 6.45) is 3.12. The molecule has 0 saturated carbocycles. The lowest BCUT2D eigenvalue weighted by Gasteiger charge is -2.09. The monoisotopic (exact) mass is 330 g/mol. The number of halogens is 1. The molecule has 0 atom stereocenters. The Balaban J connectivity index is 2.06. The molecule has 2 heterocycles. The van der Waals surface area contributed by atoms with Crippen LogP contribution >= 0.6 is 11.6 Å². The molecule has 0 spiro atoms. The van der Waals surface area contributed by atoms with Crippen LogP contribution in [0.1, 0.15) is 17.4 Å². The van der Waals surface area contributed by atoms with E-state index in [1.807, 2.05) is 18.2 Å². The SMILES string of the molecule is CCOC(=O)c1cc2cccc(Oc3cncc(Cl)c3)c2n1C. The van der Waals surface area contributed by atoms with Gasteiger partial charge in [0, 0.05) is 24.7 Å². The Bertz CT molecular complexity index is 873. The minimum absolute atomic E-state index is 0.331. The highest BCUT2D eigenvalue weighted by Gasteiger charge is 2.17. The molecule has 23 heavy (non-hydrogen) atoms. The zero-order chi connectivity index (χ0) is 16.4. The highest BCUT2D eigenvalue weighted by molar-refractivity contribution is 6.30. The molecular formula is C17H15ClN2O3. The largest absolute Gasteiger partial charge is 0.461 e. The van der Waals surface area contributed by atoms with Crippen LogP contribution in [-0.4, -0.2) is 22.1 Å². The summed E-state index contributed by atoms with van der Waals surface area (Å²) in [5.74, 6) is 0.787. The number of carbonyl (C=O) groups is 1. The molecule has 118 valence electrons. The van der Waals surface area contributed by atoms with Gasteiger partial charge in [0.25, 0.3) is 0 Å². The molecule has 0 bridgehead atoms. The van der Waals surface area contributed by atoms with Crippen LogP contribution in [0.4, 0.5) is 0 Å². The third kappa shape index (κ3) is 3.00. The smallest absolute Gasteiger partial charge is 0.354 e. The topological polar surface area (TPSA) is 53.4 Å². The van der Waals surface area contributed by atoms with Crippen molar-refractivity contribution in [1.29, 1.82) is 0 Å². The Morgan fingerprint density at radius 3 is 2.87 bits per heavy atom. The van der Waals surface area contributed by atoms with Crippen molar-refractivity contribution < 1.29 is 14.3 Å². The molecule has 0 aliphatic rings. The third-order valence-corrected chi connectivity index (χ3v) is 3.62. The third-order valence-electron chi connectivity index (χ3n) is 3.41. The number of para-hydroxylation sites is 1. The standard InChI is InChI=1S/C17H15ClN2O3/c1-3-22-17(21)14-7-11-5-4-6-15(16(11)20(14)2)23-13-8-12(18)9-19-10-13/h4-10H,3H2,1-2H3. The van der Waals surface area contributed by atoms with E-state index in [0.29, 0.717) is 28.8 Å². The van der Waals surface area contributed by atoms with Gasteiger partial charge in [0.2, 0.25) is 0 Å². The Hall–Kier alpha value is -2.53. The second kappa shape index (κ2) is 6.30. The number of rotatable bonds is 4. The summed E-state index contributed by atoms with van der Waals surface area (Å²) in [5, 5.41) is 1.39. The second-order valence-corrected chi connectivity index (χ2v) is 5.38. The van der Waals surface area contributed by atoms with Crippen LogP contribution < -0.4 is 4.74 Å². The van der Waals surface area contributed by atoms with E-state index in [-0.39, 0.29) is 5.97 Å². The van der Waals surface area contributed by atoms with E-state index in [4.69, 9.17) is 21.1 Å². The Morgan fingerprint density at radius 1 is 1.30 bits per heavy atom. The average molecular weight is 331 g/mol. The quantitative estimate of drug-likeness (QED) is 0.673. The van der Waals surface area contributed by atoms with Gasteiger partial charge in [-0.3, -0.25) is 4.98 Å². The minimum atomic E-state index is -0.360. The first-order chi connectivity index (χ1) is 11.1. The number of ether oxygens (including phenoxy) is 2. The van der Waals surface area contributed by atoms with E-state index < -0.39 is 0 Å². The van der Waals surface area contributed by atoms with Crippen LogP contribution in [0.3, 0.4) is 0 Å². The van der Waals surface area contributed by atoms with Gasteiger partial charge in [-0.05, 0) is 19.1 Å². The highest BCUT2D eigenvalue weighted by Crippen LogP contribution is 2.32. The van der Waals surface area contributed by atoms with Crippen LogP contribution in [0.5, 0.6) is 11.5 Å². The molecule has 3 aromatic rings. The summed E-state index contributed by atoms with van der Waals surface area (Å²) in [4.78, 5) is 16.0. The lowest BCUT2D eigenvalue weighted by atomic mass is 10.2. The fourth-order valence-corrected chi connectivity index (χ4v) is 2.60. The lowest BCUT2D eigenvalue weighted by molar-refractivity contribution is 0.0516. The molecule has 0 aliphatic heterocycles. The molecule has 0 radical (unpaired) electrons. The number of esters is 1. The predicted octanol–water partition coefficient (Wildman–Crippen LogP) is 4.20. The van der Waals surface area contributed by atoms with E-state index in [1.54, 1.807) is 36.9 Å². The van der Waals surface area contributed by atoms with E-state index in [0.717, 1.165) is 10.9 Å². The lowest BCUT2D eigenvalue weighted by Crippen LogP contribution is -2.09. The molecule has 0 N–H and O–H groups in total. The predicted molar refractivity (Wildman–Crippen MR) is 88.2 cm³/mol. The van der Waals surface area contributed by atoms with Gasteiger partial charge in [-0.1, -0.05) is 23.7 Å². The van der Waals surface area contributed by atoms with Crippen LogP contribution in [0.15, 0.2) is 42.7 Å². The number of hydrogen-bond donors (Lipinski definition) is 0. The molecule has 0 fully saturated rings. The molecule has 3 rings (SSSR count). The first-order valence-electron chi connectivity index (χ1n) is 7.14. The average Bonchev–Trinajstić information content (AvgIpc) is 2.86. The minimum Gasteiger partial charge on any atom is -0.461 e. The molecule has 0 amide bonds. The van der Waals surface area contributed by atoms with Gasteiger partial charge in [0.1, 0.15) is 11.4 Å². The van der Waals surface area contributed by atoms with Crippen LogP contribution in [0.25, 0.3) is 10.9 Å². The van der Waals surface area contributed by atoms with Crippen molar-refractivity contribution >= 4 is 28.5 Å². The molecule has 1 aromatic carbocycles. The highest BCUT2D eigenvalue weighted by atomic mass is 35.5. The molecule has 0 aliphatic carbocycles. The van der Waals surface area contributed by atoms with Crippen LogP contribution in [0.2, 0.25) is 5.02 Å². The number of nitrogens with zero attached hydrogens (tertiary/aromatic N) is 2. The Labute approximate surface area is 138 Å². The summed E-state index contributed by atoms with van der Waals surface area (Å²) in [6.45, 7) is 2.11. The van der Waals surface area contributed by atoms with Gasteiger partial charge in [-0.25, -0.2) is 4.79 Å². The van der Waals surface area contributed by atoms with Gasteiger partial charge in [-0.2, -0.15) is 0 Å². The fourth-order valence-electron chi connectivity index (χ4n) is 2.44. The maximum atomic E-state index is 12.0. The van der Waals surface area contributed by atoms with Gasteiger partial charge in [-0.15, -0.1) is 0 Å². The molecule has 2 aromatic heterocycles. The first-order valence-corrected chi connectivity index (χ1v) is 7.52. The number of fused-ring (bicyclic) bond motifs is 1. The summed E-state index contributed by atoms with van der Waals surface area (Å²) in [6, 6.07) is 9.09. The zero-order valence-corrected chi connectivity index (χ0v) is 13.5. The molecule has 0 unspecified atom stereocenters. The first kappa shape index (κ1) is 15.4. The van der Waals surface area contributed by atoms with Gasteiger partial charge in [0.15, 0.2) is 5.75 Å². The van der Waals surface area contributed by atoms with Crippen LogP contribution in [0, 0.1) is 0 Å². The summed E-state index contributed by atoms with van der Waals surface area (Å²) in [7, 11) is 1.80. The van der Waals surface area contributed by atoms with Crippen molar-refractivity contribution in [2.24, 2.45) is 7.05 Å². The van der Waals surface area contributed by atoms with Crippen molar-refractivity contribution in [2.75, 3.05) is 6.61 Å². The number of hydrogen-bond acceptors (Lipinski definition) is 4. The fraction of sp³-hybridized carbons (Fsp3) is 0.176. The molecular weight excluding hydrogens is 316 g/mol. The summed E-state index contributed by atoms with van der Waals surface area (Å²) in [5.41, 5.74) is 1.28. The van der Waals surface area contributed by atoms with Crippen LogP contribution in [-0.2, 0) is 11.8 Å². The second-order valence-electron chi connectivity index (χ2n) is 4.94. The Kier molecular flexibility index (Phi) is 4.21. The van der Waals surface area contributed by atoms with E-state index >= 15 is 0 Å². The van der Waals surface area contributed by atoms with Crippen molar-refractivity contribution in [3.05, 3.63) is 53.4 Å². The van der Waals surface area contributed by atoms with Gasteiger partial charge >= 0.3 is 5.97 Å². The summed E-state index contributed by atoms with van der Waals surface area (Å²) < 4.78 is 12.7. The molecule has 6 heteroatoms. The molecule has 0 saturated heterocycles. The van der Waals surface area contributed by atoms with Crippen molar-refractivity contribution in [1.82, 2.24) is 9.55 Å². The van der Waals surface area contributed by atoms with E-state index in [2.05, 4.69) is 4.98 Å². The Morgan fingerprint density at radius 2 is 2.13 bits per heavy atom. The maximum absolute atomic E-state index is 12.0. The van der Waals surface area contributed by atoms with Crippen molar-refractivity contribution in [3.8, 4) is 11.5 Å². The van der Waals surface area contributed by atoms with E-state index in [9.17, 15) is 4.79 Å². The number of benzene rings is 1. The number of aryl methyl sites for hydroxylation is 1. The number of carbonyl (C=O) groups excluding carboxylic acids is 1.